The molecule has 7 nitrogen and oxygen atoms in total. The van der Waals surface area contributed by atoms with Gasteiger partial charge in [0.2, 0.25) is 5.88 Å². The van der Waals surface area contributed by atoms with Gasteiger partial charge in [-0.1, -0.05) is 35.3 Å². The average molecular weight is 487 g/mol. The second-order valence-electron chi connectivity index (χ2n) is 7.08. The lowest BCUT2D eigenvalue weighted by molar-refractivity contribution is 0.103. The van der Waals surface area contributed by atoms with Gasteiger partial charge in [-0.15, -0.1) is 0 Å². The lowest BCUT2D eigenvalue weighted by atomic mass is 9.97. The van der Waals surface area contributed by atoms with Crippen LogP contribution in [0.25, 0.3) is 0 Å². The van der Waals surface area contributed by atoms with E-state index in [9.17, 15) is 20.0 Å². The molecule has 0 radical (unpaired) electrons. The van der Waals surface area contributed by atoms with Crippen LogP contribution in [0.15, 0.2) is 41.2 Å². The van der Waals surface area contributed by atoms with E-state index >= 15 is 0 Å². The molecule has 0 saturated carbocycles. The van der Waals surface area contributed by atoms with Crippen molar-refractivity contribution in [2.24, 2.45) is 0 Å². The Labute approximate surface area is 200 Å². The molecule has 170 valence electrons. The zero-order valence-electron chi connectivity index (χ0n) is 18.1. The Morgan fingerprint density at radius 2 is 1.79 bits per heavy atom. The minimum absolute atomic E-state index is 0.0608. The van der Waals surface area contributed by atoms with E-state index < -0.39 is 17.2 Å². The second-order valence-corrected chi connectivity index (χ2v) is 7.90. The largest absolute Gasteiger partial charge is 0.497 e. The molecule has 0 aliphatic rings. The van der Waals surface area contributed by atoms with Gasteiger partial charge in [0.15, 0.2) is 11.5 Å². The summed E-state index contributed by atoms with van der Waals surface area (Å²) in [6.07, 6.45) is 0. The maximum atomic E-state index is 13.4. The maximum Gasteiger partial charge on any atom is 0.271 e. The van der Waals surface area contributed by atoms with Crippen LogP contribution in [0.5, 0.6) is 17.4 Å². The van der Waals surface area contributed by atoms with Gasteiger partial charge in [0.25, 0.3) is 5.56 Å². The number of rotatable bonds is 7. The lowest BCUT2D eigenvalue weighted by Gasteiger charge is -2.16. The number of ether oxygens (including phenoxy) is 2. The topological polar surface area (TPSA) is 102 Å². The number of ketones is 1. The third-order valence-electron chi connectivity index (χ3n) is 5.08. The van der Waals surface area contributed by atoms with E-state index in [1.54, 1.807) is 31.2 Å². The summed E-state index contributed by atoms with van der Waals surface area (Å²) in [5, 5.41) is 20.8. The number of aromatic nitrogens is 1. The number of hydrogen-bond acceptors (Lipinski definition) is 6. The Morgan fingerprint density at radius 3 is 2.30 bits per heavy atom. The number of carbonyl (C=O) groups excluding carboxylic acids is 1. The number of methoxy groups -OCH3 is 1. The molecule has 0 bridgehead atoms. The SMILES string of the molecule is CCOc1c(Cl)cc(C(=O)c2c(C)c(C#N)c(=O)n(Cc3ccc(OC)cc3)c2O)cc1Cl. The molecule has 33 heavy (non-hydrogen) atoms. The van der Waals surface area contributed by atoms with E-state index in [1.807, 2.05) is 6.07 Å². The highest BCUT2D eigenvalue weighted by Gasteiger charge is 2.26. The molecule has 0 fully saturated rings. The summed E-state index contributed by atoms with van der Waals surface area (Å²) in [5.74, 6) is -0.340. The molecule has 9 heteroatoms. The predicted molar refractivity (Wildman–Crippen MR) is 125 cm³/mol. The van der Waals surface area contributed by atoms with Crippen molar-refractivity contribution in [2.45, 2.75) is 20.4 Å². The van der Waals surface area contributed by atoms with Crippen LogP contribution in [-0.4, -0.2) is 29.2 Å². The lowest BCUT2D eigenvalue weighted by Crippen LogP contribution is -2.27. The van der Waals surface area contributed by atoms with Crippen molar-refractivity contribution >= 4 is 29.0 Å². The fourth-order valence-corrected chi connectivity index (χ4v) is 4.00. The van der Waals surface area contributed by atoms with Crippen LogP contribution >= 0.6 is 23.2 Å². The Kier molecular flexibility index (Phi) is 7.32. The van der Waals surface area contributed by atoms with Crippen molar-refractivity contribution in [2.75, 3.05) is 13.7 Å². The first-order chi connectivity index (χ1) is 15.7. The smallest absolute Gasteiger partial charge is 0.271 e. The first kappa shape index (κ1) is 24.2. The molecule has 2 aromatic carbocycles. The van der Waals surface area contributed by atoms with Gasteiger partial charge in [0.05, 0.1) is 35.9 Å². The van der Waals surface area contributed by atoms with Gasteiger partial charge in [0, 0.05) is 5.56 Å². The molecule has 1 aromatic heterocycles. The molecular formula is C24H20Cl2N2O5. The number of nitrogens with zero attached hydrogens (tertiary/aromatic N) is 2. The van der Waals surface area contributed by atoms with Crippen LogP contribution in [-0.2, 0) is 6.54 Å². The van der Waals surface area contributed by atoms with Gasteiger partial charge in [-0.3, -0.25) is 14.2 Å². The summed E-state index contributed by atoms with van der Waals surface area (Å²) in [6.45, 7) is 3.47. The molecule has 1 N–H and O–H groups in total. The molecule has 0 amide bonds. The summed E-state index contributed by atoms with van der Waals surface area (Å²) in [4.78, 5) is 26.3. The fourth-order valence-electron chi connectivity index (χ4n) is 3.40. The Bertz CT molecular complexity index is 1300. The maximum absolute atomic E-state index is 13.4. The summed E-state index contributed by atoms with van der Waals surface area (Å²) >= 11 is 12.5. The van der Waals surface area contributed by atoms with E-state index in [4.69, 9.17) is 32.7 Å². The van der Waals surface area contributed by atoms with E-state index in [-0.39, 0.29) is 44.6 Å². The summed E-state index contributed by atoms with van der Waals surface area (Å²) < 4.78 is 11.5. The van der Waals surface area contributed by atoms with Gasteiger partial charge in [-0.25, -0.2) is 0 Å². The number of hydrogen-bond donors (Lipinski definition) is 1. The Hall–Kier alpha value is -3.47. The van der Waals surface area contributed by atoms with Crippen molar-refractivity contribution in [1.82, 2.24) is 4.57 Å². The second kappa shape index (κ2) is 9.99. The van der Waals surface area contributed by atoms with E-state index in [1.165, 1.54) is 26.2 Å². The minimum atomic E-state index is -0.706. The van der Waals surface area contributed by atoms with E-state index in [0.717, 1.165) is 4.57 Å². The normalized spacial score (nSPS) is 10.5. The summed E-state index contributed by atoms with van der Waals surface area (Å²) in [7, 11) is 1.53. The van der Waals surface area contributed by atoms with Crippen LogP contribution in [0, 0.1) is 18.3 Å². The third kappa shape index (κ3) is 4.68. The van der Waals surface area contributed by atoms with E-state index in [2.05, 4.69) is 0 Å². The van der Waals surface area contributed by atoms with Crippen LogP contribution in [0.4, 0.5) is 0 Å². The Balaban J connectivity index is 2.16. The van der Waals surface area contributed by atoms with Crippen LogP contribution in [0.2, 0.25) is 10.0 Å². The van der Waals surface area contributed by atoms with Gasteiger partial charge in [0.1, 0.15) is 17.4 Å². The molecule has 3 aromatic rings. The molecular weight excluding hydrogens is 467 g/mol. The van der Waals surface area contributed by atoms with Crippen LogP contribution in [0.1, 0.15) is 39.5 Å². The van der Waals surface area contributed by atoms with Crippen molar-refractivity contribution in [3.8, 4) is 23.4 Å². The molecule has 0 aliphatic heterocycles. The highest BCUT2D eigenvalue weighted by Crippen LogP contribution is 2.36. The molecule has 0 unspecified atom stereocenters. The zero-order chi connectivity index (χ0) is 24.3. The number of halogens is 2. The highest BCUT2D eigenvalue weighted by molar-refractivity contribution is 6.38. The van der Waals surface area contributed by atoms with Crippen molar-refractivity contribution in [3.05, 3.63) is 84.6 Å². The predicted octanol–water partition coefficient (Wildman–Crippen LogP) is 4.73. The average Bonchev–Trinajstić information content (AvgIpc) is 2.79. The fraction of sp³-hybridized carbons (Fsp3) is 0.208. The molecule has 0 atom stereocenters. The standard InChI is InChI=1S/C24H20Cl2N2O5/c1-4-33-22-18(25)9-15(10-19(22)26)21(29)20-13(2)17(11-27)23(30)28(24(20)31)12-14-5-7-16(32-3)8-6-14/h5-10,31H,4,12H2,1-3H3. The first-order valence-electron chi connectivity index (χ1n) is 9.89. The van der Waals surface area contributed by atoms with Crippen molar-refractivity contribution in [3.63, 3.8) is 0 Å². The van der Waals surface area contributed by atoms with Crippen LogP contribution in [0.3, 0.4) is 0 Å². The molecule has 0 aliphatic carbocycles. The Morgan fingerprint density at radius 1 is 1.18 bits per heavy atom. The monoisotopic (exact) mass is 486 g/mol. The van der Waals surface area contributed by atoms with Gasteiger partial charge in [-0.2, -0.15) is 5.26 Å². The van der Waals surface area contributed by atoms with Crippen molar-refractivity contribution in [1.29, 1.82) is 5.26 Å². The summed E-state index contributed by atoms with van der Waals surface area (Å²) in [6, 6.07) is 11.4. The van der Waals surface area contributed by atoms with Crippen molar-refractivity contribution < 1.29 is 19.4 Å². The minimum Gasteiger partial charge on any atom is -0.497 e. The van der Waals surface area contributed by atoms with Gasteiger partial charge in [-0.05, 0) is 49.2 Å². The number of carbonyl (C=O) groups is 1. The van der Waals surface area contributed by atoms with Crippen LogP contribution < -0.4 is 15.0 Å². The molecule has 1 heterocycles. The number of nitriles is 1. The molecule has 0 saturated heterocycles. The number of benzene rings is 2. The molecule has 0 spiro atoms. The van der Waals surface area contributed by atoms with E-state index in [0.29, 0.717) is 17.9 Å². The number of pyridine rings is 1. The molecule has 3 rings (SSSR count). The summed E-state index contributed by atoms with van der Waals surface area (Å²) in [5.41, 5.74) is -0.333. The quantitative estimate of drug-likeness (QED) is 0.484. The van der Waals surface area contributed by atoms with Gasteiger partial charge < -0.3 is 14.6 Å². The highest BCUT2D eigenvalue weighted by atomic mass is 35.5. The third-order valence-corrected chi connectivity index (χ3v) is 5.64. The van der Waals surface area contributed by atoms with Gasteiger partial charge >= 0.3 is 0 Å². The zero-order valence-corrected chi connectivity index (χ0v) is 19.6. The first-order valence-corrected chi connectivity index (χ1v) is 10.6. The number of aromatic hydroxyl groups is 1.